The highest BCUT2D eigenvalue weighted by Gasteiger charge is 2.18. The molecule has 9 nitrogen and oxygen atoms in total. The summed E-state index contributed by atoms with van der Waals surface area (Å²) in [5, 5.41) is 8.26. The molecule has 0 fully saturated rings. The average molecular weight is 588 g/mol. The highest BCUT2D eigenvalue weighted by Crippen LogP contribution is 2.33. The Morgan fingerprint density at radius 2 is 1.74 bits per heavy atom. The number of benzene rings is 2. The van der Waals surface area contributed by atoms with Gasteiger partial charge in [0.15, 0.2) is 0 Å². The lowest BCUT2D eigenvalue weighted by Gasteiger charge is -2.12. The summed E-state index contributed by atoms with van der Waals surface area (Å²) in [6, 6.07) is 26.9. The molecule has 0 radical (unpaired) electrons. The molecule has 4 aromatic heterocycles. The van der Waals surface area contributed by atoms with Crippen LogP contribution in [0.4, 0.5) is 17.3 Å². The van der Waals surface area contributed by atoms with Crippen molar-refractivity contribution in [2.45, 2.75) is 12.8 Å². The lowest BCUT2D eigenvalue weighted by atomic mass is 10.1. The van der Waals surface area contributed by atoms with Crippen LogP contribution in [0, 0.1) is 0 Å². The molecule has 4 heterocycles. The molecule has 0 spiro atoms. The first-order valence-electron chi connectivity index (χ1n) is 13.7. The number of hydrogen-bond acceptors (Lipinski definition) is 7. The summed E-state index contributed by atoms with van der Waals surface area (Å²) in [7, 11) is 3.49. The Balaban J connectivity index is 1.31. The van der Waals surface area contributed by atoms with E-state index in [0.717, 1.165) is 38.7 Å². The number of aromatic nitrogens is 4. The number of likely N-dealkylation sites (N-methyl/N-ethyl adjacent to an activating group) is 1. The number of amides is 2. The van der Waals surface area contributed by atoms with E-state index in [4.69, 9.17) is 9.97 Å². The van der Waals surface area contributed by atoms with E-state index >= 15 is 0 Å². The van der Waals surface area contributed by atoms with E-state index in [0.29, 0.717) is 30.2 Å². The van der Waals surface area contributed by atoms with Gasteiger partial charge in [-0.3, -0.25) is 14.0 Å². The van der Waals surface area contributed by atoms with Gasteiger partial charge in [-0.25, -0.2) is 15.0 Å². The van der Waals surface area contributed by atoms with E-state index in [-0.39, 0.29) is 11.8 Å². The Kier molecular flexibility index (Phi) is 7.92. The third-order valence-corrected chi connectivity index (χ3v) is 7.68. The Morgan fingerprint density at radius 1 is 0.884 bits per heavy atom. The molecule has 2 N–H and O–H groups in total. The van der Waals surface area contributed by atoms with Crippen molar-refractivity contribution < 1.29 is 9.59 Å². The van der Waals surface area contributed by atoms with Crippen LogP contribution in [-0.4, -0.2) is 50.2 Å². The molecular weight excluding hydrogens is 558 g/mol. The van der Waals surface area contributed by atoms with Crippen LogP contribution in [0.1, 0.15) is 10.4 Å². The number of fused-ring (bicyclic) bond motifs is 1. The molecule has 0 aliphatic heterocycles. The number of nitrogens with one attached hydrogen (secondary N) is 2. The lowest BCUT2D eigenvalue weighted by molar-refractivity contribution is -0.128. The van der Waals surface area contributed by atoms with Gasteiger partial charge in [0.2, 0.25) is 17.8 Å². The van der Waals surface area contributed by atoms with Crippen LogP contribution in [0.25, 0.3) is 28.3 Å². The van der Waals surface area contributed by atoms with Gasteiger partial charge in [0.05, 0.1) is 29.9 Å². The molecular formula is C33H29N7O2S. The first-order chi connectivity index (χ1) is 20.9. The Hall–Kier alpha value is -5.35. The standard InChI is InChI=1S/C33H29N7O2S/c1-39(2)30(42)19-22-8-5-10-24(18-22)36-33-34-15-14-27(37-33)32-31(38-28-13-3-4-16-40(28)32)23-9-6-11-25(20-23)35-29(41)21-26-12-7-17-43-26/h3-18,20H,19,21H2,1-2H3,(H,35,41)(H,34,36,37). The number of nitrogens with zero attached hydrogens (tertiary/aromatic N) is 5. The molecule has 10 heteroatoms. The van der Waals surface area contributed by atoms with Crippen LogP contribution in [0.2, 0.25) is 0 Å². The van der Waals surface area contributed by atoms with Crippen molar-refractivity contribution >= 4 is 46.1 Å². The number of pyridine rings is 1. The van der Waals surface area contributed by atoms with Crippen molar-refractivity contribution in [3.63, 3.8) is 0 Å². The van der Waals surface area contributed by atoms with Crippen LogP contribution < -0.4 is 10.6 Å². The second kappa shape index (κ2) is 12.3. The molecule has 0 atom stereocenters. The van der Waals surface area contributed by atoms with Gasteiger partial charge < -0.3 is 15.5 Å². The summed E-state index contributed by atoms with van der Waals surface area (Å²) in [5.41, 5.74) is 6.20. The smallest absolute Gasteiger partial charge is 0.229 e. The highest BCUT2D eigenvalue weighted by molar-refractivity contribution is 7.10. The van der Waals surface area contributed by atoms with Crippen molar-refractivity contribution in [3.8, 4) is 22.6 Å². The maximum absolute atomic E-state index is 12.7. The third kappa shape index (κ3) is 6.44. The normalized spacial score (nSPS) is 10.9. The third-order valence-electron chi connectivity index (χ3n) is 6.80. The van der Waals surface area contributed by atoms with Gasteiger partial charge in [-0.2, -0.15) is 0 Å². The van der Waals surface area contributed by atoms with Crippen LogP contribution >= 0.6 is 11.3 Å². The second-order valence-corrected chi connectivity index (χ2v) is 11.2. The molecule has 0 bridgehead atoms. The monoisotopic (exact) mass is 587 g/mol. The number of carbonyl (C=O) groups is 2. The van der Waals surface area contributed by atoms with Gasteiger partial charge in [-0.15, -0.1) is 11.3 Å². The Bertz CT molecular complexity index is 1910. The predicted octanol–water partition coefficient (Wildman–Crippen LogP) is 6.08. The summed E-state index contributed by atoms with van der Waals surface area (Å²) in [4.78, 5) is 41.7. The molecule has 0 saturated heterocycles. The molecule has 214 valence electrons. The summed E-state index contributed by atoms with van der Waals surface area (Å²) in [6.07, 6.45) is 4.29. The van der Waals surface area contributed by atoms with Gasteiger partial charge in [0.25, 0.3) is 0 Å². The summed E-state index contributed by atoms with van der Waals surface area (Å²) in [6.45, 7) is 0. The number of hydrogen-bond donors (Lipinski definition) is 2. The van der Waals surface area contributed by atoms with Gasteiger partial charge in [0, 0.05) is 48.3 Å². The maximum Gasteiger partial charge on any atom is 0.229 e. The van der Waals surface area contributed by atoms with Gasteiger partial charge in [-0.1, -0.05) is 36.4 Å². The van der Waals surface area contributed by atoms with Crippen molar-refractivity contribution in [2.75, 3.05) is 24.7 Å². The Morgan fingerprint density at radius 3 is 2.58 bits per heavy atom. The number of rotatable bonds is 9. The van der Waals surface area contributed by atoms with E-state index < -0.39 is 0 Å². The van der Waals surface area contributed by atoms with Gasteiger partial charge in [0.1, 0.15) is 5.65 Å². The van der Waals surface area contributed by atoms with E-state index in [9.17, 15) is 9.59 Å². The number of imidazole rings is 1. The van der Waals surface area contributed by atoms with Crippen LogP contribution in [0.3, 0.4) is 0 Å². The topological polar surface area (TPSA) is 105 Å². The number of carbonyl (C=O) groups excluding carboxylic acids is 2. The zero-order valence-electron chi connectivity index (χ0n) is 23.7. The molecule has 6 aromatic rings. The molecule has 43 heavy (non-hydrogen) atoms. The summed E-state index contributed by atoms with van der Waals surface area (Å²) >= 11 is 1.56. The first kappa shape index (κ1) is 27.8. The SMILES string of the molecule is CN(C)C(=O)Cc1cccc(Nc2nccc(-c3c(-c4cccc(NC(=O)Cc5cccs5)c4)nc4ccccn34)n2)c1. The minimum Gasteiger partial charge on any atom is -0.349 e. The molecule has 0 saturated carbocycles. The first-order valence-corrected chi connectivity index (χ1v) is 14.6. The summed E-state index contributed by atoms with van der Waals surface area (Å²) < 4.78 is 2.00. The van der Waals surface area contributed by atoms with Crippen molar-refractivity contribution in [2.24, 2.45) is 0 Å². The molecule has 6 rings (SSSR count). The lowest BCUT2D eigenvalue weighted by Crippen LogP contribution is -2.23. The minimum atomic E-state index is -0.0727. The van der Waals surface area contributed by atoms with E-state index in [1.54, 1.807) is 36.5 Å². The fourth-order valence-electron chi connectivity index (χ4n) is 4.73. The predicted molar refractivity (Wildman–Crippen MR) is 170 cm³/mol. The van der Waals surface area contributed by atoms with Gasteiger partial charge in [-0.05, 0) is 59.5 Å². The van der Waals surface area contributed by atoms with Crippen molar-refractivity contribution in [1.82, 2.24) is 24.3 Å². The number of anilines is 3. The fraction of sp³-hybridized carbons (Fsp3) is 0.121. The van der Waals surface area contributed by atoms with Crippen molar-refractivity contribution in [1.29, 1.82) is 0 Å². The zero-order valence-corrected chi connectivity index (χ0v) is 24.5. The largest absolute Gasteiger partial charge is 0.349 e. The quantitative estimate of drug-likeness (QED) is 0.213. The second-order valence-electron chi connectivity index (χ2n) is 10.2. The van der Waals surface area contributed by atoms with Crippen molar-refractivity contribution in [3.05, 3.63) is 113 Å². The fourth-order valence-corrected chi connectivity index (χ4v) is 5.44. The minimum absolute atomic E-state index is 0.0293. The summed E-state index contributed by atoms with van der Waals surface area (Å²) in [5.74, 6) is 0.373. The maximum atomic E-state index is 12.7. The van der Waals surface area contributed by atoms with Crippen LogP contribution in [-0.2, 0) is 22.4 Å². The van der Waals surface area contributed by atoms with E-state index in [1.807, 2.05) is 101 Å². The highest BCUT2D eigenvalue weighted by atomic mass is 32.1. The zero-order chi connectivity index (χ0) is 29.8. The van der Waals surface area contributed by atoms with E-state index in [2.05, 4.69) is 15.6 Å². The molecule has 0 aliphatic carbocycles. The number of thiophene rings is 1. The molecule has 2 aromatic carbocycles. The average Bonchev–Trinajstić information content (AvgIpc) is 3.65. The van der Waals surface area contributed by atoms with Crippen LogP contribution in [0.15, 0.2) is 103 Å². The van der Waals surface area contributed by atoms with E-state index in [1.165, 1.54) is 0 Å². The Labute approximate surface area is 252 Å². The molecule has 2 amide bonds. The van der Waals surface area contributed by atoms with Gasteiger partial charge >= 0.3 is 0 Å². The molecule has 0 unspecified atom stereocenters. The van der Waals surface area contributed by atoms with Crippen LogP contribution in [0.5, 0.6) is 0 Å². The molecule has 0 aliphatic rings.